The van der Waals surface area contributed by atoms with Gasteiger partial charge in [0.05, 0.1) is 0 Å². The molecule has 0 aliphatic heterocycles. The number of nitrogens with two attached hydrogens (primary N) is 1. The lowest BCUT2D eigenvalue weighted by molar-refractivity contribution is 0.987. The van der Waals surface area contributed by atoms with Crippen molar-refractivity contribution in [3.05, 3.63) is 48.2 Å². The number of anilines is 2. The fourth-order valence-electron chi connectivity index (χ4n) is 1.47. The second-order valence-electron chi connectivity index (χ2n) is 3.60. The highest BCUT2D eigenvalue weighted by Crippen LogP contribution is 2.20. The third kappa shape index (κ3) is 2.39. The molecule has 17 heavy (non-hydrogen) atoms. The number of rotatable bonds is 3. The highest BCUT2D eigenvalue weighted by Gasteiger charge is 2.05. The average Bonchev–Trinajstić information content (AvgIpc) is 2.39. The average molecular weight is 227 g/mol. The summed E-state index contributed by atoms with van der Waals surface area (Å²) in [7, 11) is 1.91. The molecule has 2 rings (SSSR count). The van der Waals surface area contributed by atoms with Gasteiger partial charge in [-0.3, -0.25) is 5.41 Å². The van der Waals surface area contributed by atoms with E-state index in [4.69, 9.17) is 11.1 Å². The minimum Gasteiger partial charge on any atom is -0.384 e. The Labute approximate surface area is 99.4 Å². The second-order valence-corrected chi connectivity index (χ2v) is 3.60. The summed E-state index contributed by atoms with van der Waals surface area (Å²) in [4.78, 5) is 1.91. The molecule has 0 spiro atoms. The van der Waals surface area contributed by atoms with Gasteiger partial charge in [0.1, 0.15) is 5.84 Å². The lowest BCUT2D eigenvalue weighted by atomic mass is 10.2. The summed E-state index contributed by atoms with van der Waals surface area (Å²) in [5.41, 5.74) is 7.08. The molecular weight excluding hydrogens is 214 g/mol. The summed E-state index contributed by atoms with van der Waals surface area (Å²) in [6, 6.07) is 11.1. The van der Waals surface area contributed by atoms with E-state index in [0.717, 1.165) is 11.5 Å². The first kappa shape index (κ1) is 11.1. The lowest BCUT2D eigenvalue weighted by Gasteiger charge is -2.17. The Bertz CT molecular complexity index is 506. The maximum absolute atomic E-state index is 7.32. The topological polar surface area (TPSA) is 78.9 Å². The van der Waals surface area contributed by atoms with Crippen LogP contribution in [0.4, 0.5) is 11.5 Å². The molecule has 0 aliphatic rings. The van der Waals surface area contributed by atoms with Crippen LogP contribution in [0.15, 0.2) is 42.6 Å². The van der Waals surface area contributed by atoms with E-state index in [0.29, 0.717) is 5.56 Å². The first-order valence-corrected chi connectivity index (χ1v) is 5.14. The second kappa shape index (κ2) is 4.61. The SMILES string of the molecule is CN(c1ccc(C(=N)N)cc1)c1cccnn1. The summed E-state index contributed by atoms with van der Waals surface area (Å²) >= 11 is 0. The molecule has 2 aromatic rings. The van der Waals surface area contributed by atoms with E-state index < -0.39 is 0 Å². The largest absolute Gasteiger partial charge is 0.384 e. The predicted molar refractivity (Wildman–Crippen MR) is 67.6 cm³/mol. The zero-order valence-electron chi connectivity index (χ0n) is 9.46. The van der Waals surface area contributed by atoms with Crippen LogP contribution in [0, 0.1) is 5.41 Å². The van der Waals surface area contributed by atoms with Gasteiger partial charge in [-0.1, -0.05) is 0 Å². The van der Waals surface area contributed by atoms with Gasteiger partial charge in [0.15, 0.2) is 5.82 Å². The zero-order chi connectivity index (χ0) is 12.3. The summed E-state index contributed by atoms with van der Waals surface area (Å²) < 4.78 is 0. The highest BCUT2D eigenvalue weighted by atomic mass is 15.2. The minimum atomic E-state index is 0.0682. The molecule has 0 amide bonds. The van der Waals surface area contributed by atoms with Crippen LogP contribution in [0.5, 0.6) is 0 Å². The van der Waals surface area contributed by atoms with Gasteiger partial charge in [0, 0.05) is 24.5 Å². The predicted octanol–water partition coefficient (Wildman–Crippen LogP) is 1.53. The van der Waals surface area contributed by atoms with Crippen molar-refractivity contribution in [3.63, 3.8) is 0 Å². The Kier molecular flexibility index (Phi) is 3.00. The van der Waals surface area contributed by atoms with Gasteiger partial charge in [-0.15, -0.1) is 5.10 Å². The van der Waals surface area contributed by atoms with Gasteiger partial charge in [0.25, 0.3) is 0 Å². The van der Waals surface area contributed by atoms with Crippen LogP contribution < -0.4 is 10.6 Å². The van der Waals surface area contributed by atoms with Gasteiger partial charge >= 0.3 is 0 Å². The highest BCUT2D eigenvalue weighted by molar-refractivity contribution is 5.95. The van der Waals surface area contributed by atoms with E-state index in [1.165, 1.54) is 0 Å². The van der Waals surface area contributed by atoms with Crippen molar-refractivity contribution in [3.8, 4) is 0 Å². The first-order valence-electron chi connectivity index (χ1n) is 5.14. The quantitative estimate of drug-likeness (QED) is 0.615. The molecule has 0 saturated carbocycles. The summed E-state index contributed by atoms with van der Waals surface area (Å²) in [6.45, 7) is 0. The maximum atomic E-state index is 7.32. The van der Waals surface area contributed by atoms with Crippen molar-refractivity contribution < 1.29 is 0 Å². The molecule has 5 heteroatoms. The Morgan fingerprint density at radius 1 is 1.24 bits per heavy atom. The molecule has 3 N–H and O–H groups in total. The number of nitrogens with one attached hydrogen (secondary N) is 1. The maximum Gasteiger partial charge on any atom is 0.155 e. The van der Waals surface area contributed by atoms with Gasteiger partial charge < -0.3 is 10.6 Å². The van der Waals surface area contributed by atoms with E-state index in [-0.39, 0.29) is 5.84 Å². The Hall–Kier alpha value is -2.43. The molecule has 86 valence electrons. The van der Waals surface area contributed by atoms with Crippen LogP contribution in [0.1, 0.15) is 5.56 Å². The van der Waals surface area contributed by atoms with E-state index in [1.54, 1.807) is 6.20 Å². The van der Waals surface area contributed by atoms with Crippen LogP contribution >= 0.6 is 0 Å². The lowest BCUT2D eigenvalue weighted by Crippen LogP contribution is -2.13. The minimum absolute atomic E-state index is 0.0682. The summed E-state index contributed by atoms with van der Waals surface area (Å²) in [5, 5.41) is 15.2. The molecule has 0 fully saturated rings. The van der Waals surface area contributed by atoms with E-state index in [1.807, 2.05) is 48.3 Å². The third-order valence-electron chi connectivity index (χ3n) is 2.47. The number of nitrogen functional groups attached to an aromatic ring is 1. The molecule has 0 aliphatic carbocycles. The first-order chi connectivity index (χ1) is 8.18. The van der Waals surface area contributed by atoms with Crippen molar-refractivity contribution in [1.82, 2.24) is 10.2 Å². The number of benzene rings is 1. The molecule has 0 saturated heterocycles. The summed E-state index contributed by atoms with van der Waals surface area (Å²) in [6.07, 6.45) is 1.64. The van der Waals surface area contributed by atoms with Gasteiger partial charge in [-0.25, -0.2) is 0 Å². The zero-order valence-corrected chi connectivity index (χ0v) is 9.46. The van der Waals surface area contributed by atoms with Crippen molar-refractivity contribution in [2.24, 2.45) is 5.73 Å². The van der Waals surface area contributed by atoms with Crippen LogP contribution in [0.3, 0.4) is 0 Å². The Morgan fingerprint density at radius 3 is 2.47 bits per heavy atom. The van der Waals surface area contributed by atoms with Gasteiger partial charge in [-0.05, 0) is 36.4 Å². The number of hydrogen-bond acceptors (Lipinski definition) is 4. The van der Waals surface area contributed by atoms with Crippen LogP contribution in [0.25, 0.3) is 0 Å². The normalized spacial score (nSPS) is 9.94. The number of nitrogens with zero attached hydrogens (tertiary/aromatic N) is 3. The van der Waals surface area contributed by atoms with E-state index in [9.17, 15) is 0 Å². The standard InChI is InChI=1S/C12H13N5/c1-17(11-3-2-8-15-16-11)10-6-4-9(5-7-10)12(13)14/h2-8H,1H3,(H3,13,14). The fourth-order valence-corrected chi connectivity index (χ4v) is 1.47. The van der Waals surface area contributed by atoms with Crippen LogP contribution in [0.2, 0.25) is 0 Å². The molecule has 1 heterocycles. The number of hydrogen-bond donors (Lipinski definition) is 2. The van der Waals surface area contributed by atoms with Crippen LogP contribution in [-0.2, 0) is 0 Å². The number of amidine groups is 1. The van der Waals surface area contributed by atoms with E-state index in [2.05, 4.69) is 10.2 Å². The van der Waals surface area contributed by atoms with Gasteiger partial charge in [-0.2, -0.15) is 5.10 Å². The summed E-state index contributed by atoms with van der Waals surface area (Å²) in [5.74, 6) is 0.835. The molecule has 0 unspecified atom stereocenters. The molecule has 0 radical (unpaired) electrons. The third-order valence-corrected chi connectivity index (χ3v) is 2.47. The monoisotopic (exact) mass is 227 g/mol. The van der Waals surface area contributed by atoms with Crippen molar-refractivity contribution >= 4 is 17.3 Å². The molecular formula is C12H13N5. The van der Waals surface area contributed by atoms with Crippen LogP contribution in [-0.4, -0.2) is 23.1 Å². The van der Waals surface area contributed by atoms with Crippen molar-refractivity contribution in [1.29, 1.82) is 5.41 Å². The Morgan fingerprint density at radius 2 is 1.94 bits per heavy atom. The van der Waals surface area contributed by atoms with E-state index >= 15 is 0 Å². The number of aromatic nitrogens is 2. The molecule has 0 bridgehead atoms. The smallest absolute Gasteiger partial charge is 0.155 e. The molecule has 0 atom stereocenters. The van der Waals surface area contributed by atoms with Gasteiger partial charge in [0.2, 0.25) is 0 Å². The molecule has 1 aromatic carbocycles. The van der Waals surface area contributed by atoms with Crippen molar-refractivity contribution in [2.45, 2.75) is 0 Å². The fraction of sp³-hybridized carbons (Fsp3) is 0.0833. The molecule has 1 aromatic heterocycles. The Balaban J connectivity index is 2.26. The molecule has 5 nitrogen and oxygen atoms in total. The van der Waals surface area contributed by atoms with Crippen molar-refractivity contribution in [2.75, 3.05) is 11.9 Å².